The molecule has 0 spiro atoms. The van der Waals surface area contributed by atoms with E-state index in [9.17, 15) is 19.5 Å². The smallest absolute Gasteiger partial charge is 0.360 e. The molecule has 1 aromatic heterocycles. The Hall–Kier alpha value is -3.91. The molecule has 1 fully saturated rings. The number of carboxylic acids is 1. The number of fused-ring (bicyclic) bond motifs is 1. The Morgan fingerprint density at radius 3 is 2.68 bits per heavy atom. The summed E-state index contributed by atoms with van der Waals surface area (Å²) in [6, 6.07) is 10.2. The lowest BCUT2D eigenvalue weighted by Gasteiger charge is -2.30. The van der Waals surface area contributed by atoms with E-state index in [1.807, 2.05) is 39.0 Å². The number of aryl methyl sites for hydroxylation is 1. The van der Waals surface area contributed by atoms with Crippen LogP contribution in [0.15, 0.2) is 57.3 Å². The van der Waals surface area contributed by atoms with E-state index in [4.69, 9.17) is 9.15 Å². The molecule has 1 aliphatic rings. The summed E-state index contributed by atoms with van der Waals surface area (Å²) in [5.41, 5.74) is 3.35. The Kier molecular flexibility index (Phi) is 8.32. The Morgan fingerprint density at radius 1 is 1.18 bits per heavy atom. The van der Waals surface area contributed by atoms with Crippen LogP contribution in [0, 0.1) is 6.92 Å². The van der Waals surface area contributed by atoms with Crippen molar-refractivity contribution in [2.45, 2.75) is 52.6 Å². The molecular formula is C30H34N2O6. The molecule has 0 saturated carbocycles. The summed E-state index contributed by atoms with van der Waals surface area (Å²) >= 11 is 0. The zero-order valence-electron chi connectivity index (χ0n) is 22.3. The minimum Gasteiger partial charge on any atom is -0.489 e. The predicted octanol–water partition coefficient (Wildman–Crippen LogP) is 4.96. The van der Waals surface area contributed by atoms with Gasteiger partial charge in [0.05, 0.1) is 6.42 Å². The van der Waals surface area contributed by atoms with Gasteiger partial charge < -0.3 is 24.5 Å². The number of hydrogen-bond donors (Lipinski definition) is 2. The molecule has 1 saturated heterocycles. The summed E-state index contributed by atoms with van der Waals surface area (Å²) < 4.78 is 11.9. The number of benzene rings is 2. The van der Waals surface area contributed by atoms with Gasteiger partial charge in [-0.1, -0.05) is 17.7 Å². The van der Waals surface area contributed by atoms with E-state index in [-0.39, 0.29) is 18.2 Å². The van der Waals surface area contributed by atoms with Crippen LogP contribution in [0.2, 0.25) is 0 Å². The first-order valence-corrected chi connectivity index (χ1v) is 12.8. The van der Waals surface area contributed by atoms with Crippen molar-refractivity contribution in [2.75, 3.05) is 25.5 Å². The highest BCUT2D eigenvalue weighted by Gasteiger charge is 2.21. The maximum atomic E-state index is 13.0. The van der Waals surface area contributed by atoms with Gasteiger partial charge in [0.2, 0.25) is 0 Å². The second-order valence-corrected chi connectivity index (χ2v) is 10.2. The van der Waals surface area contributed by atoms with Crippen LogP contribution in [0.4, 0.5) is 5.69 Å². The van der Waals surface area contributed by atoms with Gasteiger partial charge in [0.25, 0.3) is 5.91 Å². The lowest BCUT2D eigenvalue weighted by Crippen LogP contribution is -2.38. The molecule has 200 valence electrons. The second kappa shape index (κ2) is 11.6. The number of piperidine rings is 1. The number of hydrogen-bond acceptors (Lipinski definition) is 6. The molecule has 1 aliphatic heterocycles. The van der Waals surface area contributed by atoms with Gasteiger partial charge >= 0.3 is 11.6 Å². The van der Waals surface area contributed by atoms with E-state index in [2.05, 4.69) is 17.3 Å². The van der Waals surface area contributed by atoms with Crippen molar-refractivity contribution in [2.24, 2.45) is 0 Å². The third kappa shape index (κ3) is 6.50. The van der Waals surface area contributed by atoms with Gasteiger partial charge in [-0.2, -0.15) is 0 Å². The van der Waals surface area contributed by atoms with E-state index in [0.29, 0.717) is 34.3 Å². The molecule has 2 aromatic carbocycles. The summed E-state index contributed by atoms with van der Waals surface area (Å²) in [7, 11) is 2.08. The van der Waals surface area contributed by atoms with Gasteiger partial charge in [-0.25, -0.2) is 4.79 Å². The SMILES string of the molecule is CC(C)=CCc1cc(C(=O)Nc2cc3ccc(OC4CCCN(C)C4)c(C)c3oc2=O)ccc1CC(=O)O. The standard InChI is InChI=1S/C30H34N2O6/c1-18(2)7-8-20-14-23(10-9-21(20)16-27(33)34)29(35)31-25-15-22-11-12-26(19(3)28(22)38-30(25)36)37-24-6-5-13-32(4)17-24/h7,9-12,14-15,24H,5-6,8,13,16-17H2,1-4H3,(H,31,35)(H,33,34). The maximum Gasteiger partial charge on any atom is 0.360 e. The first kappa shape index (κ1) is 27.1. The van der Waals surface area contributed by atoms with E-state index in [1.165, 1.54) is 0 Å². The lowest BCUT2D eigenvalue weighted by atomic mass is 9.98. The van der Waals surface area contributed by atoms with Crippen molar-refractivity contribution in [3.8, 4) is 5.75 Å². The largest absolute Gasteiger partial charge is 0.489 e. The van der Waals surface area contributed by atoms with Gasteiger partial charge in [-0.15, -0.1) is 0 Å². The Bertz CT molecular complexity index is 1450. The van der Waals surface area contributed by atoms with Crippen LogP contribution in [-0.4, -0.2) is 48.1 Å². The highest BCUT2D eigenvalue weighted by molar-refractivity contribution is 6.05. The normalized spacial score (nSPS) is 15.7. The minimum absolute atomic E-state index is 0.0323. The zero-order valence-corrected chi connectivity index (χ0v) is 22.3. The third-order valence-electron chi connectivity index (χ3n) is 6.76. The van der Waals surface area contributed by atoms with Crippen LogP contribution in [0.3, 0.4) is 0 Å². The summed E-state index contributed by atoms with van der Waals surface area (Å²) in [5, 5.41) is 12.6. The number of nitrogens with one attached hydrogen (secondary N) is 1. The van der Waals surface area contributed by atoms with E-state index >= 15 is 0 Å². The van der Waals surface area contributed by atoms with Crippen LogP contribution < -0.4 is 15.7 Å². The van der Waals surface area contributed by atoms with Gasteiger partial charge in [0.15, 0.2) is 0 Å². The molecule has 8 heteroatoms. The van der Waals surface area contributed by atoms with Gasteiger partial charge in [0.1, 0.15) is 23.1 Å². The Morgan fingerprint density at radius 2 is 1.97 bits per heavy atom. The highest BCUT2D eigenvalue weighted by atomic mass is 16.5. The average Bonchev–Trinajstić information content (AvgIpc) is 2.86. The topological polar surface area (TPSA) is 109 Å². The fraction of sp³-hybridized carbons (Fsp3) is 0.367. The van der Waals surface area contributed by atoms with E-state index in [1.54, 1.807) is 24.3 Å². The number of carbonyl (C=O) groups is 2. The van der Waals surface area contributed by atoms with Crippen LogP contribution in [-0.2, 0) is 17.6 Å². The predicted molar refractivity (Wildman–Crippen MR) is 147 cm³/mol. The highest BCUT2D eigenvalue weighted by Crippen LogP contribution is 2.30. The van der Waals surface area contributed by atoms with Crippen molar-refractivity contribution < 1.29 is 23.8 Å². The minimum atomic E-state index is -0.940. The van der Waals surface area contributed by atoms with Crippen molar-refractivity contribution in [3.63, 3.8) is 0 Å². The van der Waals surface area contributed by atoms with Crippen molar-refractivity contribution in [3.05, 3.63) is 80.7 Å². The van der Waals surface area contributed by atoms with Crippen LogP contribution in [0.5, 0.6) is 5.75 Å². The summed E-state index contributed by atoms with van der Waals surface area (Å²) in [6.07, 6.45) is 4.48. The van der Waals surface area contributed by atoms with Crippen molar-refractivity contribution >= 4 is 28.5 Å². The number of carbonyl (C=O) groups excluding carboxylic acids is 1. The number of rotatable bonds is 8. The fourth-order valence-corrected chi connectivity index (χ4v) is 4.72. The van der Waals surface area contributed by atoms with E-state index < -0.39 is 17.5 Å². The molecular weight excluding hydrogens is 484 g/mol. The second-order valence-electron chi connectivity index (χ2n) is 10.2. The molecule has 1 amide bonds. The van der Waals surface area contributed by atoms with Crippen molar-refractivity contribution in [1.29, 1.82) is 0 Å². The number of aliphatic carboxylic acids is 1. The summed E-state index contributed by atoms with van der Waals surface area (Å²) in [6.45, 7) is 7.68. The lowest BCUT2D eigenvalue weighted by molar-refractivity contribution is -0.136. The number of amides is 1. The summed E-state index contributed by atoms with van der Waals surface area (Å²) in [4.78, 5) is 39.4. The van der Waals surface area contributed by atoms with E-state index in [0.717, 1.165) is 42.6 Å². The maximum absolute atomic E-state index is 13.0. The Balaban J connectivity index is 1.57. The average molecular weight is 519 g/mol. The van der Waals surface area contributed by atoms with Crippen LogP contribution in [0.1, 0.15) is 53.7 Å². The molecule has 0 aliphatic carbocycles. The number of likely N-dealkylation sites (N-methyl/N-ethyl adjacent to an activating group) is 1. The Labute approximate surface area is 221 Å². The van der Waals surface area contributed by atoms with Gasteiger partial charge in [-0.05, 0) is 95.1 Å². The number of allylic oxidation sites excluding steroid dienone is 2. The number of anilines is 1. The zero-order chi connectivity index (χ0) is 27.4. The number of ether oxygens (including phenoxy) is 1. The molecule has 3 aromatic rings. The molecule has 0 radical (unpaired) electrons. The molecule has 2 heterocycles. The first-order chi connectivity index (χ1) is 18.1. The monoisotopic (exact) mass is 518 g/mol. The van der Waals surface area contributed by atoms with Crippen molar-refractivity contribution in [1.82, 2.24) is 4.90 Å². The molecule has 38 heavy (non-hydrogen) atoms. The third-order valence-corrected chi connectivity index (χ3v) is 6.76. The molecule has 1 atom stereocenters. The number of carboxylic acid groups (broad SMARTS) is 1. The first-order valence-electron chi connectivity index (χ1n) is 12.8. The summed E-state index contributed by atoms with van der Waals surface area (Å²) in [5.74, 6) is -0.734. The fourth-order valence-electron chi connectivity index (χ4n) is 4.72. The molecule has 4 rings (SSSR count). The van der Waals surface area contributed by atoms with Crippen LogP contribution >= 0.6 is 0 Å². The van der Waals surface area contributed by atoms with Gasteiger partial charge in [-0.3, -0.25) is 9.59 Å². The molecule has 0 bridgehead atoms. The molecule has 2 N–H and O–H groups in total. The molecule has 1 unspecified atom stereocenters. The van der Waals surface area contributed by atoms with Crippen LogP contribution in [0.25, 0.3) is 11.0 Å². The number of nitrogens with zero attached hydrogens (tertiary/aromatic N) is 1. The molecule has 8 nitrogen and oxygen atoms in total. The van der Waals surface area contributed by atoms with Gasteiger partial charge in [0, 0.05) is 23.1 Å². The quantitative estimate of drug-likeness (QED) is 0.320. The number of likely N-dealkylation sites (tertiary alicyclic amines) is 1.